The van der Waals surface area contributed by atoms with E-state index in [0.29, 0.717) is 23.7 Å². The van der Waals surface area contributed by atoms with E-state index in [0.717, 1.165) is 0 Å². The van der Waals surface area contributed by atoms with Crippen LogP contribution < -0.4 is 0 Å². The highest BCUT2D eigenvalue weighted by atomic mass is 14.8. The molecule has 7 aliphatic rings. The fourth-order valence-corrected chi connectivity index (χ4v) is 13.7. The van der Waals surface area contributed by atoms with E-state index in [9.17, 15) is 0 Å². The van der Waals surface area contributed by atoms with Crippen LogP contribution in [0.15, 0.2) is 146 Å². The van der Waals surface area contributed by atoms with E-state index in [1.54, 1.807) is 0 Å². The van der Waals surface area contributed by atoms with Gasteiger partial charge in [-0.25, -0.2) is 0 Å². The lowest BCUT2D eigenvalue weighted by Gasteiger charge is -2.75. The number of rotatable bonds is 6. The van der Waals surface area contributed by atoms with E-state index < -0.39 is 0 Å². The summed E-state index contributed by atoms with van der Waals surface area (Å²) >= 11 is 0. The minimum atomic E-state index is -0.195. The number of hydrogen-bond acceptors (Lipinski definition) is 0. The van der Waals surface area contributed by atoms with E-state index in [-0.39, 0.29) is 44.3 Å². The van der Waals surface area contributed by atoms with E-state index >= 15 is 0 Å². The summed E-state index contributed by atoms with van der Waals surface area (Å²) in [5.41, 5.74) is -0.672. The van der Waals surface area contributed by atoms with Crippen LogP contribution in [-0.4, -0.2) is 0 Å². The molecule has 0 nitrogen and oxygen atoms in total. The van der Waals surface area contributed by atoms with E-state index in [1.807, 2.05) is 0 Å². The lowest BCUT2D eigenvalue weighted by Crippen LogP contribution is -2.71. The quantitative estimate of drug-likeness (QED) is 0.260. The normalized spacial score (nSPS) is 40.7. The Morgan fingerprint density at radius 1 is 0.250 bits per heavy atom. The second-order valence-corrected chi connectivity index (χ2v) is 18.7. The standard InChI is InChI=1S/C52H68/c1-47(41-27-13-14-28-41)39-25-11-9-7-8-10-12-26-40-48(2,42-29-15-16-30-42)50(4,44-33-19-20-34-44)52(6,46-37-23-24-38-46)51(5,45-35-21-22-36-45)49(47,3)43-31-17-18-32-43/h13-24,27-38,41-46H,7-12,25-26,39-40H2,1-6H3. The molecule has 0 spiro atoms. The van der Waals surface area contributed by atoms with Gasteiger partial charge in [-0.05, 0) is 45.3 Å². The largest absolute Gasteiger partial charge is 0.0771 e. The molecule has 7 aliphatic carbocycles. The summed E-state index contributed by atoms with van der Waals surface area (Å²) in [7, 11) is 0. The third-order valence-electron chi connectivity index (χ3n) is 17.4. The monoisotopic (exact) mass is 693 g/mol. The van der Waals surface area contributed by atoms with Crippen molar-refractivity contribution in [3.8, 4) is 0 Å². The molecule has 0 aromatic carbocycles. The minimum Gasteiger partial charge on any atom is -0.0771 e. The van der Waals surface area contributed by atoms with Crippen molar-refractivity contribution in [2.24, 2.45) is 68.0 Å². The Labute approximate surface area is 318 Å². The molecule has 0 aromatic heterocycles. The maximum Gasteiger partial charge on any atom is 0.00181 e. The van der Waals surface area contributed by atoms with Crippen molar-refractivity contribution >= 4 is 0 Å². The average molecular weight is 693 g/mol. The van der Waals surface area contributed by atoms with Crippen LogP contribution in [0.2, 0.25) is 0 Å². The smallest absolute Gasteiger partial charge is 0.00181 e. The lowest BCUT2D eigenvalue weighted by atomic mass is 9.28. The Hall–Kier alpha value is -3.12. The second kappa shape index (κ2) is 14.6. The fourth-order valence-electron chi connectivity index (χ4n) is 13.7. The highest BCUT2D eigenvalue weighted by Crippen LogP contribution is 2.80. The summed E-state index contributed by atoms with van der Waals surface area (Å²) in [6, 6.07) is 0. The number of hydrogen-bond donors (Lipinski definition) is 0. The fraction of sp³-hybridized carbons (Fsp3) is 0.538. The van der Waals surface area contributed by atoms with Crippen LogP contribution in [0.4, 0.5) is 0 Å². The van der Waals surface area contributed by atoms with E-state index in [4.69, 9.17) is 0 Å². The Kier molecular flexibility index (Phi) is 10.5. The van der Waals surface area contributed by atoms with Crippen molar-refractivity contribution in [2.45, 2.75) is 106 Å². The van der Waals surface area contributed by atoms with Crippen molar-refractivity contribution in [3.05, 3.63) is 146 Å². The van der Waals surface area contributed by atoms with Crippen LogP contribution in [0.3, 0.4) is 0 Å². The zero-order valence-corrected chi connectivity index (χ0v) is 33.4. The van der Waals surface area contributed by atoms with Crippen LogP contribution in [0.25, 0.3) is 0 Å². The van der Waals surface area contributed by atoms with Crippen LogP contribution in [0.1, 0.15) is 106 Å². The zero-order valence-electron chi connectivity index (χ0n) is 33.4. The molecule has 1 saturated carbocycles. The van der Waals surface area contributed by atoms with Gasteiger partial charge in [0.05, 0.1) is 0 Å². The molecule has 0 heterocycles. The van der Waals surface area contributed by atoms with Crippen LogP contribution in [-0.2, 0) is 0 Å². The molecular formula is C52H68. The summed E-state index contributed by atoms with van der Waals surface area (Å²) in [5, 5.41) is 0. The van der Waals surface area contributed by atoms with Crippen molar-refractivity contribution in [2.75, 3.05) is 0 Å². The van der Waals surface area contributed by atoms with Crippen molar-refractivity contribution in [3.63, 3.8) is 0 Å². The molecule has 0 aromatic rings. The molecule has 6 atom stereocenters. The Bertz CT molecular complexity index is 1480. The van der Waals surface area contributed by atoms with Gasteiger partial charge in [0.15, 0.2) is 0 Å². The Balaban J connectivity index is 1.60. The molecule has 0 radical (unpaired) electrons. The highest BCUT2D eigenvalue weighted by molar-refractivity contribution is 5.41. The molecular weight excluding hydrogens is 625 g/mol. The van der Waals surface area contributed by atoms with Crippen LogP contribution in [0.5, 0.6) is 0 Å². The molecule has 0 heteroatoms. The summed E-state index contributed by atoms with van der Waals surface area (Å²) < 4.78 is 0. The van der Waals surface area contributed by atoms with Gasteiger partial charge < -0.3 is 0 Å². The Morgan fingerprint density at radius 2 is 0.442 bits per heavy atom. The van der Waals surface area contributed by atoms with Gasteiger partial charge in [0, 0.05) is 35.5 Å². The zero-order chi connectivity index (χ0) is 36.5. The van der Waals surface area contributed by atoms with Crippen LogP contribution >= 0.6 is 0 Å². The topological polar surface area (TPSA) is 0 Å². The van der Waals surface area contributed by atoms with Gasteiger partial charge in [-0.15, -0.1) is 0 Å². The first kappa shape index (κ1) is 37.2. The van der Waals surface area contributed by atoms with Gasteiger partial charge in [-0.1, -0.05) is 239 Å². The molecule has 6 unspecified atom stereocenters. The van der Waals surface area contributed by atoms with Crippen molar-refractivity contribution < 1.29 is 0 Å². The summed E-state index contributed by atoms with van der Waals surface area (Å²) in [5.74, 6) is 1.97. The van der Waals surface area contributed by atoms with Gasteiger partial charge in [0.2, 0.25) is 0 Å². The van der Waals surface area contributed by atoms with Gasteiger partial charge >= 0.3 is 0 Å². The SMILES string of the molecule is CC1(C2C=CC=C2)CCCCCCCCCCC(C)(C2C=CC=C2)C(C)(C2C=CC=C2)C(C)(C2C=CC=C2)C(C)(C2C=CC=C2)C1(C)C1C=CC=C1. The predicted octanol–water partition coefficient (Wildman–Crippen LogP) is 14.4. The minimum absolute atomic E-state index is 0.00457. The molecule has 0 aliphatic heterocycles. The van der Waals surface area contributed by atoms with Gasteiger partial charge in [-0.3, -0.25) is 0 Å². The van der Waals surface area contributed by atoms with Gasteiger partial charge in [0.1, 0.15) is 0 Å². The summed E-state index contributed by atoms with van der Waals surface area (Å²) in [6.45, 7) is 16.7. The molecule has 276 valence electrons. The maximum absolute atomic E-state index is 2.81. The molecule has 1 fully saturated rings. The summed E-state index contributed by atoms with van der Waals surface area (Å²) in [4.78, 5) is 0. The van der Waals surface area contributed by atoms with E-state index in [1.165, 1.54) is 64.2 Å². The van der Waals surface area contributed by atoms with Crippen molar-refractivity contribution in [1.29, 1.82) is 0 Å². The second-order valence-electron chi connectivity index (χ2n) is 18.7. The lowest BCUT2D eigenvalue weighted by molar-refractivity contribution is -0.255. The van der Waals surface area contributed by atoms with Gasteiger partial charge in [-0.2, -0.15) is 0 Å². The molecule has 0 bridgehead atoms. The first-order chi connectivity index (χ1) is 25.1. The van der Waals surface area contributed by atoms with Crippen LogP contribution in [0, 0.1) is 68.0 Å². The molecule has 0 amide bonds. The summed E-state index contributed by atoms with van der Waals surface area (Å²) in [6.07, 6.45) is 72.5. The highest BCUT2D eigenvalue weighted by Gasteiger charge is 2.75. The Morgan fingerprint density at radius 3 is 0.692 bits per heavy atom. The molecule has 52 heavy (non-hydrogen) atoms. The maximum atomic E-state index is 2.81. The first-order valence-corrected chi connectivity index (χ1v) is 21.2. The first-order valence-electron chi connectivity index (χ1n) is 21.2. The third-order valence-corrected chi connectivity index (χ3v) is 17.4. The third kappa shape index (κ3) is 5.42. The molecule has 0 N–H and O–H groups in total. The van der Waals surface area contributed by atoms with Gasteiger partial charge in [0.25, 0.3) is 0 Å². The molecule has 0 saturated heterocycles. The molecule has 7 rings (SSSR count). The number of allylic oxidation sites excluding steroid dienone is 24. The van der Waals surface area contributed by atoms with E-state index in [2.05, 4.69) is 187 Å². The average Bonchev–Trinajstić information content (AvgIpc) is 3.99. The predicted molar refractivity (Wildman–Crippen MR) is 225 cm³/mol. The van der Waals surface area contributed by atoms with Crippen molar-refractivity contribution in [1.82, 2.24) is 0 Å².